The van der Waals surface area contributed by atoms with Crippen LogP contribution in [0, 0.1) is 6.92 Å². The van der Waals surface area contributed by atoms with Crippen LogP contribution in [-0.2, 0) is 0 Å². The smallest absolute Gasteiger partial charge is 0.289 e. The fraction of sp³-hybridized carbons (Fsp3) is 0.550. The third-order valence-corrected chi connectivity index (χ3v) is 5.78. The lowest BCUT2D eigenvalue weighted by atomic mass is 10.1. The van der Waals surface area contributed by atoms with E-state index in [0.717, 1.165) is 54.5 Å². The summed E-state index contributed by atoms with van der Waals surface area (Å²) in [5.41, 5.74) is 1.64. The molecule has 0 N–H and O–H groups in total. The van der Waals surface area contributed by atoms with Crippen molar-refractivity contribution in [1.29, 1.82) is 0 Å². The quantitative estimate of drug-likeness (QED) is 0.857. The minimum absolute atomic E-state index is 0.0127. The van der Waals surface area contributed by atoms with E-state index >= 15 is 0 Å². The van der Waals surface area contributed by atoms with Gasteiger partial charge in [0.15, 0.2) is 5.76 Å². The summed E-state index contributed by atoms with van der Waals surface area (Å²) in [6.07, 6.45) is 5.34. The molecular weight excluding hydrogens is 316 g/mol. The molecule has 4 rings (SSSR count). The zero-order chi connectivity index (χ0) is 17.4. The van der Waals surface area contributed by atoms with Gasteiger partial charge in [-0.05, 0) is 38.0 Å². The molecule has 0 bridgehead atoms. The van der Waals surface area contributed by atoms with Crippen molar-refractivity contribution in [3.63, 3.8) is 0 Å². The number of piperazine rings is 1. The number of fused-ring (bicyclic) bond motifs is 1. The average molecular weight is 342 g/mol. The Morgan fingerprint density at radius 2 is 1.88 bits per heavy atom. The van der Waals surface area contributed by atoms with Gasteiger partial charge < -0.3 is 14.1 Å². The summed E-state index contributed by atoms with van der Waals surface area (Å²) in [5.74, 6) is 1.26. The molecule has 0 radical (unpaired) electrons. The molecule has 2 fully saturated rings. The van der Waals surface area contributed by atoms with Crippen molar-refractivity contribution in [2.75, 3.05) is 33.3 Å². The van der Waals surface area contributed by atoms with Crippen molar-refractivity contribution in [3.05, 3.63) is 29.5 Å². The number of rotatable bonds is 3. The van der Waals surface area contributed by atoms with Gasteiger partial charge in [0.05, 0.1) is 7.11 Å². The Kier molecular flexibility index (Phi) is 4.42. The summed E-state index contributed by atoms with van der Waals surface area (Å²) in [7, 11) is 1.65. The fourth-order valence-electron chi connectivity index (χ4n) is 4.23. The second-order valence-electron chi connectivity index (χ2n) is 7.18. The molecule has 0 unspecified atom stereocenters. The zero-order valence-corrected chi connectivity index (χ0v) is 15.1. The molecule has 1 aromatic heterocycles. The van der Waals surface area contributed by atoms with Gasteiger partial charge in [-0.15, -0.1) is 0 Å². The van der Waals surface area contributed by atoms with Crippen molar-refractivity contribution in [3.8, 4) is 5.75 Å². The maximum absolute atomic E-state index is 13.0. The summed E-state index contributed by atoms with van der Waals surface area (Å²) in [6.45, 7) is 5.48. The normalized spacial score (nSPS) is 19.7. The summed E-state index contributed by atoms with van der Waals surface area (Å²) in [6, 6.07) is 6.40. The number of nitrogens with zero attached hydrogens (tertiary/aromatic N) is 2. The number of hydrogen-bond donors (Lipinski definition) is 0. The first-order valence-electron chi connectivity index (χ1n) is 9.28. The number of hydrogen-bond acceptors (Lipinski definition) is 4. The first-order chi connectivity index (χ1) is 12.2. The lowest BCUT2D eigenvalue weighted by Crippen LogP contribution is -2.51. The van der Waals surface area contributed by atoms with Crippen molar-refractivity contribution in [2.24, 2.45) is 0 Å². The Balaban J connectivity index is 1.49. The number of amides is 1. The monoisotopic (exact) mass is 342 g/mol. The zero-order valence-electron chi connectivity index (χ0n) is 15.1. The largest absolute Gasteiger partial charge is 0.497 e. The van der Waals surface area contributed by atoms with Crippen LogP contribution >= 0.6 is 0 Å². The predicted molar refractivity (Wildman–Crippen MR) is 97.2 cm³/mol. The van der Waals surface area contributed by atoms with Crippen LogP contribution < -0.4 is 4.74 Å². The average Bonchev–Trinajstić information content (AvgIpc) is 3.30. The molecule has 5 heteroatoms. The van der Waals surface area contributed by atoms with Gasteiger partial charge in [-0.25, -0.2) is 0 Å². The highest BCUT2D eigenvalue weighted by Crippen LogP contribution is 2.30. The number of carbonyl (C=O) groups excluding carboxylic acids is 1. The van der Waals surface area contributed by atoms with Crippen molar-refractivity contribution < 1.29 is 13.9 Å². The van der Waals surface area contributed by atoms with Crippen molar-refractivity contribution >= 4 is 16.9 Å². The molecule has 134 valence electrons. The maximum Gasteiger partial charge on any atom is 0.289 e. The highest BCUT2D eigenvalue weighted by atomic mass is 16.5. The van der Waals surface area contributed by atoms with E-state index in [1.807, 2.05) is 30.0 Å². The van der Waals surface area contributed by atoms with Gasteiger partial charge in [0.2, 0.25) is 0 Å². The van der Waals surface area contributed by atoms with Gasteiger partial charge in [0, 0.05) is 43.2 Å². The summed E-state index contributed by atoms with van der Waals surface area (Å²) < 4.78 is 11.2. The first-order valence-corrected chi connectivity index (χ1v) is 9.28. The summed E-state index contributed by atoms with van der Waals surface area (Å²) in [4.78, 5) is 17.5. The summed E-state index contributed by atoms with van der Waals surface area (Å²) >= 11 is 0. The molecule has 2 heterocycles. The van der Waals surface area contributed by atoms with E-state index in [4.69, 9.17) is 9.15 Å². The van der Waals surface area contributed by atoms with Crippen molar-refractivity contribution in [1.82, 2.24) is 9.80 Å². The van der Waals surface area contributed by atoms with Crippen LogP contribution in [0.4, 0.5) is 0 Å². The standard InChI is InChI=1S/C20H26N2O3/c1-14-17-13-16(24-2)7-8-18(17)25-19(14)20(23)22-11-9-21(10-12-22)15-5-3-4-6-15/h7-8,13,15H,3-6,9-12H2,1-2H3. The molecular formula is C20H26N2O3. The van der Waals surface area contributed by atoms with Gasteiger partial charge in [-0.2, -0.15) is 0 Å². The first kappa shape index (κ1) is 16.5. The minimum Gasteiger partial charge on any atom is -0.497 e. The highest BCUT2D eigenvalue weighted by Gasteiger charge is 2.30. The van der Waals surface area contributed by atoms with Crippen LogP contribution in [0.3, 0.4) is 0 Å². The van der Waals surface area contributed by atoms with Crippen LogP contribution in [0.2, 0.25) is 0 Å². The minimum atomic E-state index is 0.0127. The predicted octanol–water partition coefficient (Wildman–Crippen LogP) is 3.45. The molecule has 0 atom stereocenters. The Hall–Kier alpha value is -2.01. The second kappa shape index (κ2) is 6.71. The lowest BCUT2D eigenvalue weighted by Gasteiger charge is -2.37. The Bertz CT molecular complexity index is 769. The molecule has 25 heavy (non-hydrogen) atoms. The lowest BCUT2D eigenvalue weighted by molar-refractivity contribution is 0.0546. The Labute approximate surface area is 148 Å². The number of methoxy groups -OCH3 is 1. The molecule has 2 aromatic rings. The van der Waals surface area contributed by atoms with Crippen LogP contribution in [0.15, 0.2) is 22.6 Å². The fourth-order valence-corrected chi connectivity index (χ4v) is 4.23. The van der Waals surface area contributed by atoms with E-state index in [9.17, 15) is 4.79 Å². The number of furan rings is 1. The molecule has 5 nitrogen and oxygen atoms in total. The van der Waals surface area contributed by atoms with Gasteiger partial charge in [0.25, 0.3) is 5.91 Å². The molecule has 0 spiro atoms. The molecule has 1 aliphatic carbocycles. The van der Waals surface area contributed by atoms with E-state index in [0.29, 0.717) is 5.76 Å². The third-order valence-electron chi connectivity index (χ3n) is 5.78. The van der Waals surface area contributed by atoms with Crippen molar-refractivity contribution in [2.45, 2.75) is 38.6 Å². The highest BCUT2D eigenvalue weighted by molar-refractivity contribution is 5.99. The Morgan fingerprint density at radius 3 is 2.56 bits per heavy atom. The third kappa shape index (κ3) is 3.01. The molecule has 2 aliphatic rings. The number of ether oxygens (including phenoxy) is 1. The number of aryl methyl sites for hydroxylation is 1. The van der Waals surface area contributed by atoms with Crippen LogP contribution in [0.1, 0.15) is 41.8 Å². The maximum atomic E-state index is 13.0. The van der Waals surface area contributed by atoms with E-state index in [-0.39, 0.29) is 5.91 Å². The molecule has 1 amide bonds. The topological polar surface area (TPSA) is 45.9 Å². The van der Waals surface area contributed by atoms with Crippen LogP contribution in [-0.4, -0.2) is 55.0 Å². The number of benzene rings is 1. The molecule has 1 aromatic carbocycles. The molecule has 1 saturated heterocycles. The van der Waals surface area contributed by atoms with Crippen LogP contribution in [0.5, 0.6) is 5.75 Å². The number of carbonyl (C=O) groups is 1. The van der Waals surface area contributed by atoms with Gasteiger partial charge in [0.1, 0.15) is 11.3 Å². The van der Waals surface area contributed by atoms with Crippen LogP contribution in [0.25, 0.3) is 11.0 Å². The molecule has 1 aliphatic heterocycles. The Morgan fingerprint density at radius 1 is 1.16 bits per heavy atom. The SMILES string of the molecule is COc1ccc2oc(C(=O)N3CCN(C4CCCC4)CC3)c(C)c2c1. The van der Waals surface area contributed by atoms with E-state index < -0.39 is 0 Å². The summed E-state index contributed by atoms with van der Waals surface area (Å²) in [5, 5.41) is 0.951. The van der Waals surface area contributed by atoms with Gasteiger partial charge in [-0.3, -0.25) is 9.69 Å². The van der Waals surface area contributed by atoms with E-state index in [1.165, 1.54) is 25.7 Å². The van der Waals surface area contributed by atoms with Gasteiger partial charge >= 0.3 is 0 Å². The van der Waals surface area contributed by atoms with E-state index in [1.54, 1.807) is 7.11 Å². The second-order valence-corrected chi connectivity index (χ2v) is 7.18. The van der Waals surface area contributed by atoms with Gasteiger partial charge in [-0.1, -0.05) is 12.8 Å². The molecule has 1 saturated carbocycles. The van der Waals surface area contributed by atoms with E-state index in [2.05, 4.69) is 4.90 Å².